The van der Waals surface area contributed by atoms with Gasteiger partial charge in [0, 0.05) is 26.0 Å². The van der Waals surface area contributed by atoms with E-state index in [1.807, 2.05) is 22.5 Å². The van der Waals surface area contributed by atoms with Crippen molar-refractivity contribution in [3.8, 4) is 11.5 Å². The number of aromatic nitrogens is 5. The van der Waals surface area contributed by atoms with Crippen molar-refractivity contribution >= 4 is 0 Å². The molecule has 6 nitrogen and oxygen atoms in total. The van der Waals surface area contributed by atoms with Crippen molar-refractivity contribution in [1.82, 2.24) is 29.9 Å². The summed E-state index contributed by atoms with van der Waals surface area (Å²) < 4.78 is 3.99. The van der Waals surface area contributed by atoms with Gasteiger partial charge in [0.2, 0.25) is 0 Å². The summed E-state index contributed by atoms with van der Waals surface area (Å²) in [5, 5.41) is 11.6. The standard InChI is InChI=1S/C11H16N6/c1-16-6-5-13-11(16)10-8-14-15-17(10)9-3-2-4-12-7-9/h5-6,8-9,12H,2-4,7H2,1H3. The summed E-state index contributed by atoms with van der Waals surface area (Å²) in [7, 11) is 1.98. The van der Waals surface area contributed by atoms with Crippen LogP contribution in [0.25, 0.3) is 11.5 Å². The lowest BCUT2D eigenvalue weighted by molar-refractivity contribution is 0.343. The van der Waals surface area contributed by atoms with Crippen LogP contribution in [0.1, 0.15) is 18.9 Å². The van der Waals surface area contributed by atoms with E-state index in [2.05, 4.69) is 20.6 Å². The molecule has 0 radical (unpaired) electrons. The van der Waals surface area contributed by atoms with Gasteiger partial charge in [0.15, 0.2) is 5.82 Å². The Morgan fingerprint density at radius 3 is 3.12 bits per heavy atom. The molecule has 1 saturated heterocycles. The number of piperidine rings is 1. The normalized spacial score (nSPS) is 20.6. The van der Waals surface area contributed by atoms with Gasteiger partial charge in [0.05, 0.1) is 12.2 Å². The highest BCUT2D eigenvalue weighted by atomic mass is 15.4. The van der Waals surface area contributed by atoms with E-state index in [9.17, 15) is 0 Å². The minimum atomic E-state index is 0.387. The second kappa shape index (κ2) is 4.29. The molecule has 3 heterocycles. The molecule has 90 valence electrons. The van der Waals surface area contributed by atoms with Crippen LogP contribution in [-0.2, 0) is 7.05 Å². The third kappa shape index (κ3) is 1.84. The summed E-state index contributed by atoms with van der Waals surface area (Å²) >= 11 is 0. The fraction of sp³-hybridized carbons (Fsp3) is 0.545. The van der Waals surface area contributed by atoms with Crippen LogP contribution < -0.4 is 5.32 Å². The van der Waals surface area contributed by atoms with Gasteiger partial charge >= 0.3 is 0 Å². The first kappa shape index (κ1) is 10.5. The predicted molar refractivity (Wildman–Crippen MR) is 63.4 cm³/mol. The molecule has 0 aliphatic carbocycles. The van der Waals surface area contributed by atoms with E-state index in [1.165, 1.54) is 6.42 Å². The second-order valence-corrected chi connectivity index (χ2v) is 4.43. The number of hydrogen-bond acceptors (Lipinski definition) is 4. The Labute approximate surface area is 99.7 Å². The van der Waals surface area contributed by atoms with Crippen molar-refractivity contribution in [3.05, 3.63) is 18.6 Å². The quantitative estimate of drug-likeness (QED) is 0.824. The van der Waals surface area contributed by atoms with Gasteiger partial charge in [0.1, 0.15) is 5.69 Å². The molecular weight excluding hydrogens is 216 g/mol. The van der Waals surface area contributed by atoms with Gasteiger partial charge in [-0.05, 0) is 19.4 Å². The molecule has 17 heavy (non-hydrogen) atoms. The Morgan fingerprint density at radius 2 is 2.41 bits per heavy atom. The summed E-state index contributed by atoms with van der Waals surface area (Å²) in [6, 6.07) is 0.387. The third-order valence-electron chi connectivity index (χ3n) is 3.24. The molecule has 3 rings (SSSR count). The fourth-order valence-corrected chi connectivity index (χ4v) is 2.33. The molecule has 1 N–H and O–H groups in total. The van der Waals surface area contributed by atoms with Gasteiger partial charge in [-0.1, -0.05) is 5.21 Å². The minimum Gasteiger partial charge on any atom is -0.333 e. The number of rotatable bonds is 2. The van der Waals surface area contributed by atoms with Crippen LogP contribution in [0, 0.1) is 0 Å². The maximum absolute atomic E-state index is 4.36. The first-order chi connectivity index (χ1) is 8.36. The van der Waals surface area contributed by atoms with Crippen molar-refractivity contribution in [3.63, 3.8) is 0 Å². The Balaban J connectivity index is 1.96. The predicted octanol–water partition coefficient (Wildman–Crippen LogP) is 0.603. The van der Waals surface area contributed by atoms with E-state index in [1.54, 1.807) is 12.4 Å². The largest absolute Gasteiger partial charge is 0.333 e. The zero-order valence-corrected chi connectivity index (χ0v) is 9.87. The molecule has 2 aromatic rings. The Morgan fingerprint density at radius 1 is 1.47 bits per heavy atom. The first-order valence-electron chi connectivity index (χ1n) is 5.95. The topological polar surface area (TPSA) is 60.6 Å². The molecule has 0 saturated carbocycles. The smallest absolute Gasteiger partial charge is 0.159 e. The van der Waals surface area contributed by atoms with Crippen molar-refractivity contribution in [2.24, 2.45) is 7.05 Å². The molecule has 1 aliphatic heterocycles. The van der Waals surface area contributed by atoms with E-state index in [4.69, 9.17) is 0 Å². The average molecular weight is 232 g/mol. The van der Waals surface area contributed by atoms with E-state index in [0.29, 0.717) is 6.04 Å². The van der Waals surface area contributed by atoms with Gasteiger partial charge < -0.3 is 9.88 Å². The van der Waals surface area contributed by atoms with Crippen LogP contribution >= 0.6 is 0 Å². The van der Waals surface area contributed by atoms with Crippen LogP contribution in [0.5, 0.6) is 0 Å². The fourth-order valence-electron chi connectivity index (χ4n) is 2.33. The number of nitrogens with zero attached hydrogens (tertiary/aromatic N) is 5. The van der Waals surface area contributed by atoms with Crippen LogP contribution in [-0.4, -0.2) is 37.6 Å². The van der Waals surface area contributed by atoms with Gasteiger partial charge in [0.25, 0.3) is 0 Å². The number of hydrogen-bond donors (Lipinski definition) is 1. The van der Waals surface area contributed by atoms with Crippen LogP contribution in [0.3, 0.4) is 0 Å². The number of nitrogens with one attached hydrogen (secondary N) is 1. The maximum Gasteiger partial charge on any atom is 0.159 e. The van der Waals surface area contributed by atoms with Gasteiger partial charge in [-0.2, -0.15) is 0 Å². The van der Waals surface area contributed by atoms with Gasteiger partial charge in [-0.15, -0.1) is 5.10 Å². The lowest BCUT2D eigenvalue weighted by atomic mass is 10.1. The Kier molecular flexibility index (Phi) is 2.64. The molecule has 1 unspecified atom stereocenters. The van der Waals surface area contributed by atoms with Crippen LogP contribution in [0.2, 0.25) is 0 Å². The van der Waals surface area contributed by atoms with E-state index in [-0.39, 0.29) is 0 Å². The molecule has 6 heteroatoms. The summed E-state index contributed by atoms with van der Waals surface area (Å²) in [6.45, 7) is 2.06. The van der Waals surface area contributed by atoms with E-state index < -0.39 is 0 Å². The Hall–Kier alpha value is -1.69. The van der Waals surface area contributed by atoms with E-state index >= 15 is 0 Å². The molecule has 0 amide bonds. The highest BCUT2D eigenvalue weighted by Gasteiger charge is 2.20. The lowest BCUT2D eigenvalue weighted by Gasteiger charge is -2.23. The summed E-state index contributed by atoms with van der Waals surface area (Å²) in [5.41, 5.74) is 0.992. The molecule has 1 atom stereocenters. The molecule has 2 aromatic heterocycles. The maximum atomic E-state index is 4.36. The lowest BCUT2D eigenvalue weighted by Crippen LogP contribution is -2.32. The minimum absolute atomic E-state index is 0.387. The van der Waals surface area contributed by atoms with Crippen LogP contribution in [0.15, 0.2) is 18.6 Å². The van der Waals surface area contributed by atoms with Crippen molar-refractivity contribution in [1.29, 1.82) is 0 Å². The highest BCUT2D eigenvalue weighted by molar-refractivity contribution is 5.48. The molecule has 0 bridgehead atoms. The van der Waals surface area contributed by atoms with E-state index in [0.717, 1.165) is 31.0 Å². The van der Waals surface area contributed by atoms with Gasteiger partial charge in [-0.3, -0.25) is 0 Å². The summed E-state index contributed by atoms with van der Waals surface area (Å²) in [5.74, 6) is 0.917. The monoisotopic (exact) mass is 232 g/mol. The number of aryl methyl sites for hydroxylation is 1. The number of imidazole rings is 1. The molecular formula is C11H16N6. The molecule has 0 aromatic carbocycles. The van der Waals surface area contributed by atoms with Crippen molar-refractivity contribution in [2.75, 3.05) is 13.1 Å². The average Bonchev–Trinajstić information content (AvgIpc) is 2.98. The third-order valence-corrected chi connectivity index (χ3v) is 3.24. The Bertz CT molecular complexity index is 494. The van der Waals surface area contributed by atoms with Crippen molar-refractivity contribution in [2.45, 2.75) is 18.9 Å². The van der Waals surface area contributed by atoms with Gasteiger partial charge in [-0.25, -0.2) is 9.67 Å². The van der Waals surface area contributed by atoms with Crippen LogP contribution in [0.4, 0.5) is 0 Å². The molecule has 0 spiro atoms. The SMILES string of the molecule is Cn1ccnc1-c1cnnn1C1CCCNC1. The first-order valence-corrected chi connectivity index (χ1v) is 5.95. The zero-order valence-electron chi connectivity index (χ0n) is 9.87. The summed E-state index contributed by atoms with van der Waals surface area (Å²) in [6.07, 6.45) is 7.85. The van der Waals surface area contributed by atoms with Crippen molar-refractivity contribution < 1.29 is 0 Å². The summed E-state index contributed by atoms with van der Waals surface area (Å²) in [4.78, 5) is 4.36. The zero-order chi connectivity index (χ0) is 11.7. The second-order valence-electron chi connectivity index (χ2n) is 4.43. The molecule has 1 fully saturated rings. The molecule has 1 aliphatic rings. The highest BCUT2D eigenvalue weighted by Crippen LogP contribution is 2.22.